The summed E-state index contributed by atoms with van der Waals surface area (Å²) in [6.07, 6.45) is 1.10. The van der Waals surface area contributed by atoms with Crippen molar-refractivity contribution >= 4 is 0 Å². The third-order valence-corrected chi connectivity index (χ3v) is 1.73. The number of hydrogen-bond donors (Lipinski definition) is 1. The van der Waals surface area contributed by atoms with Gasteiger partial charge in [-0.05, 0) is 6.42 Å². The first kappa shape index (κ1) is 7.98. The van der Waals surface area contributed by atoms with E-state index < -0.39 is 0 Å². The summed E-state index contributed by atoms with van der Waals surface area (Å²) < 4.78 is 5.25. The Kier molecular flexibility index (Phi) is 3.72. The van der Waals surface area contributed by atoms with Gasteiger partial charge in [-0.2, -0.15) is 0 Å². The Labute approximate surface area is 61.6 Å². The SMILES string of the molecule is OCCN1CCCOCC1. The molecule has 0 bridgehead atoms. The lowest BCUT2D eigenvalue weighted by Gasteiger charge is -2.16. The second-order valence-corrected chi connectivity index (χ2v) is 2.53. The summed E-state index contributed by atoms with van der Waals surface area (Å²) in [7, 11) is 0. The standard InChI is InChI=1S/C7H15NO2/c9-5-3-8-2-1-6-10-7-4-8/h9H,1-7H2. The molecule has 3 nitrogen and oxygen atoms in total. The number of aliphatic hydroxyl groups excluding tert-OH is 1. The van der Waals surface area contributed by atoms with Gasteiger partial charge in [0.2, 0.25) is 0 Å². The summed E-state index contributed by atoms with van der Waals surface area (Å²) in [5.74, 6) is 0. The molecule has 1 rings (SSSR count). The van der Waals surface area contributed by atoms with E-state index in [1.54, 1.807) is 0 Å². The molecular formula is C7H15NO2. The highest BCUT2D eigenvalue weighted by atomic mass is 16.5. The van der Waals surface area contributed by atoms with Gasteiger partial charge in [0, 0.05) is 26.2 Å². The largest absolute Gasteiger partial charge is 0.395 e. The van der Waals surface area contributed by atoms with Crippen LogP contribution in [0.25, 0.3) is 0 Å². The van der Waals surface area contributed by atoms with Crippen molar-refractivity contribution in [3.8, 4) is 0 Å². The lowest BCUT2D eigenvalue weighted by atomic mass is 10.4. The Morgan fingerprint density at radius 3 is 3.00 bits per heavy atom. The van der Waals surface area contributed by atoms with Gasteiger partial charge in [-0.3, -0.25) is 4.90 Å². The highest BCUT2D eigenvalue weighted by Gasteiger charge is 2.06. The minimum atomic E-state index is 0.264. The van der Waals surface area contributed by atoms with Gasteiger partial charge in [-0.25, -0.2) is 0 Å². The molecule has 0 aromatic rings. The molecule has 1 heterocycles. The third kappa shape index (κ3) is 2.64. The fraction of sp³-hybridized carbons (Fsp3) is 1.00. The Morgan fingerprint density at radius 1 is 1.30 bits per heavy atom. The summed E-state index contributed by atoms with van der Waals surface area (Å²) in [6, 6.07) is 0. The molecular weight excluding hydrogens is 130 g/mol. The highest BCUT2D eigenvalue weighted by molar-refractivity contribution is 4.59. The van der Waals surface area contributed by atoms with Gasteiger partial charge in [0.05, 0.1) is 13.2 Å². The summed E-state index contributed by atoms with van der Waals surface area (Å²) in [6.45, 7) is 4.80. The summed E-state index contributed by atoms with van der Waals surface area (Å²) in [5, 5.41) is 8.63. The van der Waals surface area contributed by atoms with Gasteiger partial charge in [0.25, 0.3) is 0 Å². The number of aliphatic hydroxyl groups is 1. The van der Waals surface area contributed by atoms with Gasteiger partial charge in [-0.1, -0.05) is 0 Å². The second-order valence-electron chi connectivity index (χ2n) is 2.53. The molecule has 0 unspecified atom stereocenters. The van der Waals surface area contributed by atoms with Crippen LogP contribution in [0.5, 0.6) is 0 Å². The molecule has 0 amide bonds. The summed E-state index contributed by atoms with van der Waals surface area (Å²) in [5.41, 5.74) is 0. The molecule has 3 heteroatoms. The molecule has 0 aromatic heterocycles. The van der Waals surface area contributed by atoms with Crippen molar-refractivity contribution in [1.29, 1.82) is 0 Å². The number of nitrogens with zero attached hydrogens (tertiary/aromatic N) is 1. The highest BCUT2D eigenvalue weighted by Crippen LogP contribution is 1.97. The first-order chi connectivity index (χ1) is 4.93. The molecule has 1 fully saturated rings. The fourth-order valence-electron chi connectivity index (χ4n) is 1.16. The molecule has 1 aliphatic rings. The third-order valence-electron chi connectivity index (χ3n) is 1.73. The Morgan fingerprint density at radius 2 is 2.20 bits per heavy atom. The van der Waals surface area contributed by atoms with Crippen LogP contribution in [0.1, 0.15) is 6.42 Å². The van der Waals surface area contributed by atoms with E-state index in [4.69, 9.17) is 9.84 Å². The molecule has 1 saturated heterocycles. The summed E-state index contributed by atoms with van der Waals surface area (Å²) in [4.78, 5) is 2.23. The van der Waals surface area contributed by atoms with E-state index >= 15 is 0 Å². The maximum atomic E-state index is 8.63. The van der Waals surface area contributed by atoms with Crippen LogP contribution in [-0.4, -0.2) is 49.5 Å². The molecule has 10 heavy (non-hydrogen) atoms. The number of β-amino-alcohol motifs (C(OH)–C–C–N with tert-alkyl or cyclic N) is 1. The predicted octanol–water partition coefficient (Wildman–Crippen LogP) is -0.299. The lowest BCUT2D eigenvalue weighted by Crippen LogP contribution is -2.29. The smallest absolute Gasteiger partial charge is 0.0593 e. The molecule has 0 spiro atoms. The van der Waals surface area contributed by atoms with Gasteiger partial charge < -0.3 is 9.84 Å². The van der Waals surface area contributed by atoms with E-state index in [1.165, 1.54) is 0 Å². The maximum absolute atomic E-state index is 8.63. The minimum Gasteiger partial charge on any atom is -0.395 e. The van der Waals surface area contributed by atoms with E-state index in [9.17, 15) is 0 Å². The molecule has 0 aromatic carbocycles. The van der Waals surface area contributed by atoms with Gasteiger partial charge in [0.1, 0.15) is 0 Å². The van der Waals surface area contributed by atoms with Crippen LogP contribution in [0.4, 0.5) is 0 Å². The van der Waals surface area contributed by atoms with Crippen LogP contribution in [0.3, 0.4) is 0 Å². The van der Waals surface area contributed by atoms with Crippen LogP contribution < -0.4 is 0 Å². The molecule has 0 saturated carbocycles. The van der Waals surface area contributed by atoms with Crippen LogP contribution in [0.15, 0.2) is 0 Å². The van der Waals surface area contributed by atoms with Crippen LogP contribution in [-0.2, 0) is 4.74 Å². The normalized spacial score (nSPS) is 22.5. The number of hydrogen-bond acceptors (Lipinski definition) is 3. The molecule has 0 atom stereocenters. The van der Waals surface area contributed by atoms with Crippen molar-refractivity contribution in [2.45, 2.75) is 6.42 Å². The van der Waals surface area contributed by atoms with Gasteiger partial charge in [-0.15, -0.1) is 0 Å². The van der Waals surface area contributed by atoms with Crippen molar-refractivity contribution in [3.63, 3.8) is 0 Å². The number of rotatable bonds is 2. The van der Waals surface area contributed by atoms with E-state index in [0.717, 1.165) is 39.3 Å². The zero-order chi connectivity index (χ0) is 7.23. The van der Waals surface area contributed by atoms with Crippen molar-refractivity contribution in [2.24, 2.45) is 0 Å². The second kappa shape index (κ2) is 4.66. The molecule has 1 aliphatic heterocycles. The van der Waals surface area contributed by atoms with Gasteiger partial charge >= 0.3 is 0 Å². The average molecular weight is 145 g/mol. The van der Waals surface area contributed by atoms with E-state index in [1.807, 2.05) is 0 Å². The van der Waals surface area contributed by atoms with Crippen LogP contribution in [0, 0.1) is 0 Å². The zero-order valence-electron chi connectivity index (χ0n) is 6.25. The van der Waals surface area contributed by atoms with Crippen molar-refractivity contribution in [3.05, 3.63) is 0 Å². The fourth-order valence-corrected chi connectivity index (χ4v) is 1.16. The zero-order valence-corrected chi connectivity index (χ0v) is 6.25. The van der Waals surface area contributed by atoms with E-state index in [-0.39, 0.29) is 6.61 Å². The Balaban J connectivity index is 2.15. The first-order valence-corrected chi connectivity index (χ1v) is 3.84. The van der Waals surface area contributed by atoms with E-state index in [2.05, 4.69) is 4.90 Å². The Hall–Kier alpha value is -0.120. The van der Waals surface area contributed by atoms with Gasteiger partial charge in [0.15, 0.2) is 0 Å². The van der Waals surface area contributed by atoms with Crippen molar-refractivity contribution < 1.29 is 9.84 Å². The molecule has 0 aliphatic carbocycles. The Bertz CT molecular complexity index is 79.7. The molecule has 1 N–H and O–H groups in total. The van der Waals surface area contributed by atoms with Crippen LogP contribution in [0.2, 0.25) is 0 Å². The average Bonchev–Trinajstić information content (AvgIpc) is 2.17. The van der Waals surface area contributed by atoms with Crippen LogP contribution >= 0.6 is 0 Å². The topological polar surface area (TPSA) is 32.7 Å². The molecule has 60 valence electrons. The van der Waals surface area contributed by atoms with Crippen molar-refractivity contribution in [1.82, 2.24) is 4.90 Å². The maximum Gasteiger partial charge on any atom is 0.0593 e. The van der Waals surface area contributed by atoms with Crippen molar-refractivity contribution in [2.75, 3.05) is 39.5 Å². The lowest BCUT2D eigenvalue weighted by molar-refractivity contribution is 0.136. The number of ether oxygens (including phenoxy) is 1. The quantitative estimate of drug-likeness (QED) is 0.579. The first-order valence-electron chi connectivity index (χ1n) is 3.84. The molecule has 0 radical (unpaired) electrons. The predicted molar refractivity (Wildman–Crippen MR) is 39.0 cm³/mol. The minimum absolute atomic E-state index is 0.264. The van der Waals surface area contributed by atoms with E-state index in [0.29, 0.717) is 0 Å². The monoisotopic (exact) mass is 145 g/mol. The summed E-state index contributed by atoms with van der Waals surface area (Å²) >= 11 is 0.